The topological polar surface area (TPSA) is 85.7 Å². The fourth-order valence-corrected chi connectivity index (χ4v) is 6.56. The van der Waals surface area contributed by atoms with Crippen LogP contribution >= 0.6 is 0 Å². The van der Waals surface area contributed by atoms with Crippen LogP contribution in [0, 0.1) is 23.2 Å². The van der Waals surface area contributed by atoms with Crippen LogP contribution in [0.2, 0.25) is 0 Å². The molecule has 3 aromatic rings. The summed E-state index contributed by atoms with van der Waals surface area (Å²) in [5, 5.41) is 11.9. The minimum absolute atomic E-state index is 0.0156. The third kappa shape index (κ3) is 4.46. The number of rotatable bonds is 6. The molecule has 200 valence electrons. The van der Waals surface area contributed by atoms with Crippen molar-refractivity contribution in [1.82, 2.24) is 9.80 Å². The largest absolute Gasteiger partial charge is 0.497 e. The Morgan fingerprint density at radius 1 is 0.974 bits per heavy atom. The number of fused-ring (bicyclic) bond motifs is 1. The molecule has 0 spiro atoms. The zero-order valence-corrected chi connectivity index (χ0v) is 22.2. The molecule has 0 aromatic heterocycles. The summed E-state index contributed by atoms with van der Waals surface area (Å²) >= 11 is 0. The summed E-state index contributed by atoms with van der Waals surface area (Å²) in [4.78, 5) is 31.0. The molecule has 7 nitrogen and oxygen atoms in total. The van der Waals surface area contributed by atoms with E-state index < -0.39 is 5.41 Å². The van der Waals surface area contributed by atoms with Gasteiger partial charge in [-0.2, -0.15) is 0 Å². The van der Waals surface area contributed by atoms with Gasteiger partial charge >= 0.3 is 6.03 Å². The van der Waals surface area contributed by atoms with Crippen LogP contribution in [-0.4, -0.2) is 54.3 Å². The number of amides is 3. The molecular weight excluding hydrogens is 488 g/mol. The highest BCUT2D eigenvalue weighted by Crippen LogP contribution is 2.60. The van der Waals surface area contributed by atoms with Crippen molar-refractivity contribution in [2.45, 2.75) is 24.7 Å². The number of nitrogens with zero attached hydrogens (tertiary/aromatic N) is 2. The molecule has 39 heavy (non-hydrogen) atoms. The van der Waals surface area contributed by atoms with Crippen molar-refractivity contribution in [3.63, 3.8) is 0 Å². The lowest BCUT2D eigenvalue weighted by Crippen LogP contribution is -2.57. The number of hydrogen-bond acceptors (Lipinski definition) is 4. The molecule has 3 aromatic carbocycles. The summed E-state index contributed by atoms with van der Waals surface area (Å²) in [6.07, 6.45) is 2.44. The van der Waals surface area contributed by atoms with Crippen molar-refractivity contribution in [1.29, 1.82) is 5.41 Å². The van der Waals surface area contributed by atoms with Gasteiger partial charge in [0.2, 0.25) is 5.91 Å². The fraction of sp³-hybridized carbons (Fsp3) is 0.344. The summed E-state index contributed by atoms with van der Waals surface area (Å²) in [5.74, 6) is 1.61. The molecule has 2 N–H and O–H groups in total. The van der Waals surface area contributed by atoms with Gasteiger partial charge in [0, 0.05) is 37.3 Å². The first-order valence-corrected chi connectivity index (χ1v) is 13.7. The molecule has 3 fully saturated rings. The molecule has 2 unspecified atom stereocenters. The standard InChI is InChI=1S/C32H34N4O3/c1-39-26-14-8-13-25(19-26)34-31(38)35-17-15-22(16-18-35)21-36-29(33)27-20-28(27)32(30(36)37,23-9-4-2-5-10-23)24-11-6-3-7-12-24/h2-14,19,22,27-28,33H,15-18,20-21H2,1H3,(H,34,38). The first-order chi connectivity index (χ1) is 19.0. The van der Waals surface area contributed by atoms with E-state index in [-0.39, 0.29) is 29.7 Å². The normalized spacial score (nSPS) is 22.3. The molecule has 7 heteroatoms. The van der Waals surface area contributed by atoms with Crippen LogP contribution in [0.4, 0.5) is 10.5 Å². The number of amidine groups is 1. The van der Waals surface area contributed by atoms with Gasteiger partial charge in [-0.3, -0.25) is 15.1 Å². The number of carbonyl (C=O) groups excluding carboxylic acids is 2. The number of methoxy groups -OCH3 is 1. The molecule has 2 heterocycles. The van der Waals surface area contributed by atoms with Crippen LogP contribution in [0.1, 0.15) is 30.4 Å². The molecule has 0 bridgehead atoms. The Hall–Kier alpha value is -4.13. The predicted molar refractivity (Wildman–Crippen MR) is 151 cm³/mol. The van der Waals surface area contributed by atoms with E-state index in [9.17, 15) is 9.59 Å². The van der Waals surface area contributed by atoms with Gasteiger partial charge in [-0.25, -0.2) is 4.79 Å². The summed E-state index contributed by atoms with van der Waals surface area (Å²) in [7, 11) is 1.60. The monoisotopic (exact) mass is 522 g/mol. The van der Waals surface area contributed by atoms with E-state index in [1.54, 1.807) is 18.1 Å². The number of urea groups is 1. The Kier molecular flexibility index (Phi) is 6.59. The average Bonchev–Trinajstić information content (AvgIpc) is 3.79. The smallest absolute Gasteiger partial charge is 0.321 e. The van der Waals surface area contributed by atoms with Gasteiger partial charge in [0.05, 0.1) is 7.11 Å². The Bertz CT molecular complexity index is 1330. The molecule has 2 atom stereocenters. The maximum absolute atomic E-state index is 14.5. The van der Waals surface area contributed by atoms with Crippen LogP contribution < -0.4 is 10.1 Å². The quantitative estimate of drug-likeness (QED) is 0.456. The summed E-state index contributed by atoms with van der Waals surface area (Å²) in [6.45, 7) is 1.75. The van der Waals surface area contributed by atoms with Crippen LogP contribution in [-0.2, 0) is 10.2 Å². The Labute approximate surface area is 229 Å². The minimum Gasteiger partial charge on any atom is -0.497 e. The summed E-state index contributed by atoms with van der Waals surface area (Å²) in [6, 6.07) is 27.4. The molecular formula is C32H34N4O3. The van der Waals surface area contributed by atoms with E-state index in [1.165, 1.54) is 0 Å². The number of nitrogens with one attached hydrogen (secondary N) is 2. The van der Waals surface area contributed by atoms with Crippen molar-refractivity contribution in [3.8, 4) is 5.75 Å². The number of benzene rings is 3. The van der Waals surface area contributed by atoms with Crippen LogP contribution in [0.15, 0.2) is 84.9 Å². The highest BCUT2D eigenvalue weighted by Gasteiger charge is 2.66. The third-order valence-electron chi connectivity index (χ3n) is 8.69. The van der Waals surface area contributed by atoms with E-state index >= 15 is 0 Å². The number of piperidine rings is 2. The lowest BCUT2D eigenvalue weighted by atomic mass is 9.67. The lowest BCUT2D eigenvalue weighted by Gasteiger charge is -2.44. The van der Waals surface area contributed by atoms with Gasteiger partial charge in [0.1, 0.15) is 17.0 Å². The molecule has 3 amide bonds. The second-order valence-corrected chi connectivity index (χ2v) is 10.9. The van der Waals surface area contributed by atoms with Gasteiger partial charge < -0.3 is 15.0 Å². The second kappa shape index (κ2) is 10.2. The first-order valence-electron chi connectivity index (χ1n) is 13.7. The Morgan fingerprint density at radius 3 is 2.23 bits per heavy atom. The molecule has 2 aliphatic heterocycles. The highest BCUT2D eigenvalue weighted by molar-refractivity contribution is 6.09. The fourth-order valence-electron chi connectivity index (χ4n) is 6.56. The maximum atomic E-state index is 14.5. The zero-order chi connectivity index (χ0) is 27.0. The Balaban J connectivity index is 1.18. The van der Waals surface area contributed by atoms with Crippen LogP contribution in [0.25, 0.3) is 0 Å². The van der Waals surface area contributed by atoms with Crippen molar-refractivity contribution in [3.05, 3.63) is 96.1 Å². The van der Waals surface area contributed by atoms with Gasteiger partial charge in [0.25, 0.3) is 0 Å². The van der Waals surface area contributed by atoms with E-state index in [1.807, 2.05) is 59.5 Å². The van der Waals surface area contributed by atoms with Gasteiger partial charge in [0.15, 0.2) is 0 Å². The predicted octanol–water partition coefficient (Wildman–Crippen LogP) is 5.38. The van der Waals surface area contributed by atoms with Crippen molar-refractivity contribution in [2.24, 2.45) is 17.8 Å². The van der Waals surface area contributed by atoms with Gasteiger partial charge in [-0.15, -0.1) is 0 Å². The molecule has 3 aliphatic rings. The summed E-state index contributed by atoms with van der Waals surface area (Å²) in [5.41, 5.74) is 1.95. The molecule has 0 radical (unpaired) electrons. The lowest BCUT2D eigenvalue weighted by molar-refractivity contribution is -0.134. The summed E-state index contributed by atoms with van der Waals surface area (Å²) < 4.78 is 5.25. The minimum atomic E-state index is -0.769. The van der Waals surface area contributed by atoms with E-state index in [4.69, 9.17) is 10.1 Å². The van der Waals surface area contributed by atoms with Crippen LogP contribution in [0.3, 0.4) is 0 Å². The maximum Gasteiger partial charge on any atom is 0.321 e. The third-order valence-corrected chi connectivity index (χ3v) is 8.69. The Morgan fingerprint density at radius 2 is 1.62 bits per heavy atom. The number of ether oxygens (including phenoxy) is 1. The van der Waals surface area contributed by atoms with Crippen molar-refractivity contribution in [2.75, 3.05) is 32.1 Å². The van der Waals surface area contributed by atoms with Crippen LogP contribution in [0.5, 0.6) is 5.75 Å². The molecule has 6 rings (SSSR count). The number of hydrogen-bond donors (Lipinski definition) is 2. The molecule has 1 saturated carbocycles. The number of likely N-dealkylation sites (tertiary alicyclic amines) is 2. The van der Waals surface area contributed by atoms with Crippen molar-refractivity contribution < 1.29 is 14.3 Å². The number of carbonyl (C=O) groups is 2. The second-order valence-electron chi connectivity index (χ2n) is 10.9. The SMILES string of the molecule is COc1cccc(NC(=O)N2CCC(CN3C(=N)C4CC4C(c4ccccc4)(c4ccccc4)C3=O)CC2)c1. The van der Waals surface area contributed by atoms with E-state index in [2.05, 4.69) is 29.6 Å². The average molecular weight is 523 g/mol. The van der Waals surface area contributed by atoms with E-state index in [0.717, 1.165) is 30.4 Å². The first kappa shape index (κ1) is 25.2. The number of anilines is 1. The van der Waals surface area contributed by atoms with Crippen molar-refractivity contribution >= 4 is 23.5 Å². The zero-order valence-electron chi connectivity index (χ0n) is 22.2. The van der Waals surface area contributed by atoms with Gasteiger partial charge in [-0.05, 0) is 54.4 Å². The molecule has 2 saturated heterocycles. The highest BCUT2D eigenvalue weighted by atomic mass is 16.5. The van der Waals surface area contributed by atoms with E-state index in [0.29, 0.717) is 36.9 Å². The van der Waals surface area contributed by atoms with Gasteiger partial charge in [-0.1, -0.05) is 66.7 Å². The molecule has 1 aliphatic carbocycles.